The first kappa shape index (κ1) is 59.7. The lowest BCUT2D eigenvalue weighted by molar-refractivity contribution is -0.143. The zero-order chi connectivity index (χ0) is 55.0. The highest BCUT2D eigenvalue weighted by Crippen LogP contribution is 2.41. The molecule has 2 heterocycles. The van der Waals surface area contributed by atoms with Gasteiger partial charge in [0.1, 0.15) is 30.8 Å². The van der Waals surface area contributed by atoms with E-state index in [1.54, 1.807) is 33.0 Å². The van der Waals surface area contributed by atoms with Crippen LogP contribution in [-0.4, -0.2) is 129 Å². The third-order valence-electron chi connectivity index (χ3n) is 12.8. The summed E-state index contributed by atoms with van der Waals surface area (Å²) in [6, 6.07) is 10.1. The average molecular weight is 1040 g/mol. The Bertz CT molecular complexity index is 2490. The van der Waals surface area contributed by atoms with Gasteiger partial charge in [0.05, 0.1) is 18.1 Å². The topological polar surface area (TPSA) is 280 Å². The average Bonchev–Trinajstić information content (AvgIpc) is 3.84. The minimum absolute atomic E-state index is 0.00543. The number of amides is 7. The molecule has 19 nitrogen and oxygen atoms in total. The number of carboxylic acids is 1. The second-order valence-corrected chi connectivity index (χ2v) is 20.4. The van der Waals surface area contributed by atoms with Crippen LogP contribution in [0.1, 0.15) is 111 Å². The van der Waals surface area contributed by atoms with Gasteiger partial charge in [0.25, 0.3) is 0 Å². The largest absolute Gasteiger partial charge is 0.480 e. The second kappa shape index (κ2) is 27.4. The van der Waals surface area contributed by atoms with E-state index in [9.17, 15) is 57.8 Å². The minimum Gasteiger partial charge on any atom is -0.480 e. The first-order valence-electron chi connectivity index (χ1n) is 24.9. The Labute approximate surface area is 430 Å². The van der Waals surface area contributed by atoms with Gasteiger partial charge in [-0.2, -0.15) is 0 Å². The molecule has 1 aliphatic rings. The molecule has 1 aliphatic heterocycles. The number of Topliss-reactive ketones (excluding diaryl/α,β-unsaturated/α-hetero) is 1. The van der Waals surface area contributed by atoms with Crippen LogP contribution < -0.4 is 27.0 Å². The van der Waals surface area contributed by atoms with Crippen molar-refractivity contribution in [2.24, 2.45) is 28.9 Å². The van der Waals surface area contributed by atoms with Crippen molar-refractivity contribution in [3.8, 4) is 11.1 Å². The van der Waals surface area contributed by atoms with Crippen molar-refractivity contribution in [3.63, 3.8) is 0 Å². The van der Waals surface area contributed by atoms with Crippen LogP contribution in [0, 0.1) is 34.8 Å². The Morgan fingerprint density at radius 3 is 2.18 bits per heavy atom. The van der Waals surface area contributed by atoms with E-state index in [-0.39, 0.29) is 63.7 Å². The third kappa shape index (κ3) is 17.1. The number of unbranched alkanes of at least 4 members (excludes halogenated alkanes) is 1. The number of nitrogens with two attached hydrogens (primary N) is 1. The number of likely N-dealkylation sites (tertiary alicyclic amines) is 1. The van der Waals surface area contributed by atoms with Gasteiger partial charge in [-0.25, -0.2) is 13.6 Å². The van der Waals surface area contributed by atoms with Gasteiger partial charge in [0.2, 0.25) is 41.4 Å². The van der Waals surface area contributed by atoms with Crippen molar-refractivity contribution in [3.05, 3.63) is 83.7 Å². The van der Waals surface area contributed by atoms with Gasteiger partial charge in [0.15, 0.2) is 5.78 Å². The van der Waals surface area contributed by atoms with Crippen molar-refractivity contribution >= 4 is 53.1 Å². The summed E-state index contributed by atoms with van der Waals surface area (Å²) in [4.78, 5) is 117. The highest BCUT2D eigenvalue weighted by atomic mass is 19.1. The Hall–Kier alpha value is -6.87. The van der Waals surface area contributed by atoms with E-state index in [0.717, 1.165) is 28.7 Å². The normalized spacial score (nSPS) is 15.7. The summed E-state index contributed by atoms with van der Waals surface area (Å²) in [6.45, 7) is 11.0. The van der Waals surface area contributed by atoms with Crippen molar-refractivity contribution in [1.29, 1.82) is 0 Å². The van der Waals surface area contributed by atoms with Crippen LogP contribution in [-0.2, 0) is 49.7 Å². The maximum absolute atomic E-state index is 15.1. The van der Waals surface area contributed by atoms with Crippen LogP contribution in [0.3, 0.4) is 0 Å². The molecule has 3 aromatic rings. The molecule has 1 fully saturated rings. The smallest absolute Gasteiger partial charge is 0.326 e. The number of aromatic nitrogens is 1. The number of imide groups is 1. The zero-order valence-electron chi connectivity index (χ0n) is 43.3. The molecule has 0 aliphatic carbocycles. The molecule has 1 saturated heterocycles. The van der Waals surface area contributed by atoms with Gasteiger partial charge in [-0.3, -0.25) is 43.3 Å². The predicted molar refractivity (Wildman–Crippen MR) is 269 cm³/mol. The molecule has 0 spiro atoms. The van der Waals surface area contributed by atoms with Crippen LogP contribution in [0.4, 0.5) is 8.78 Å². The highest BCUT2D eigenvalue weighted by molar-refractivity contribution is 6.06. The molecule has 4 rings (SSSR count). The summed E-state index contributed by atoms with van der Waals surface area (Å²) in [5.41, 5.74) is 7.48. The van der Waals surface area contributed by atoms with Gasteiger partial charge >= 0.3 is 5.97 Å². The number of rotatable bonds is 28. The fourth-order valence-electron chi connectivity index (χ4n) is 8.82. The number of aliphatic carboxylic acids is 1. The molecule has 0 bridgehead atoms. The van der Waals surface area contributed by atoms with E-state index in [2.05, 4.69) is 21.3 Å². The minimum atomic E-state index is -1.30. The number of aliphatic hydroxyl groups excluding tert-OH is 1. The predicted octanol–water partition coefficient (Wildman–Crippen LogP) is 3.60. The van der Waals surface area contributed by atoms with Crippen molar-refractivity contribution in [2.45, 2.75) is 124 Å². The number of aliphatic hydroxyl groups is 1. The molecule has 74 heavy (non-hydrogen) atoms. The monoisotopic (exact) mass is 1030 g/mol. The standard InChI is InChI=1S/C53H72F2N8O11/c1-31(2)47(60-44(67)29-63-45(68)24-33(4)51(63)72)42(65)23-32(3)49(70)59-40(52(73)74)15-11-12-20-57-43(66)18-21-58-50(71)39(56)19-22-62(46(69)30-64)48(53(5,6)7)41-25-35(37-26-36(54)16-17-38(37)55)28-61(41)27-34-13-9-8-10-14-34/h8-10,13-14,16-17,25-26,28,31-33,39-40,47-48,64H,11-12,15,18-24,27,29-30,56H2,1-7H3,(H,57,66)(H,58,71)(H,59,70)(H,60,67)(H,73,74)/t32-,33?,39+,40+,47+,48+/m1/s1. The molecule has 404 valence electrons. The summed E-state index contributed by atoms with van der Waals surface area (Å²) in [5, 5.41) is 30.3. The van der Waals surface area contributed by atoms with Gasteiger partial charge < -0.3 is 46.7 Å². The molecule has 1 unspecified atom stereocenters. The van der Waals surface area contributed by atoms with Crippen LogP contribution >= 0.6 is 0 Å². The molecule has 2 aromatic carbocycles. The van der Waals surface area contributed by atoms with E-state index in [1.165, 1.54) is 11.8 Å². The number of ketones is 1. The number of nitrogens with zero attached hydrogens (tertiary/aromatic N) is 3. The first-order chi connectivity index (χ1) is 34.8. The Balaban J connectivity index is 1.24. The van der Waals surface area contributed by atoms with Gasteiger partial charge in [-0.05, 0) is 66.8 Å². The van der Waals surface area contributed by atoms with Gasteiger partial charge in [-0.1, -0.05) is 78.8 Å². The summed E-state index contributed by atoms with van der Waals surface area (Å²) in [7, 11) is 0. The molecule has 7 amide bonds. The SMILES string of the molecule is CC1CC(=O)N(CC(=O)N[C@H](C(=O)C[C@@H](C)C(=O)N[C@@H](CCCCNC(=O)CCNC(=O)[C@@H](N)CCN(C(=O)CO)[C@@H](c2cc(-c3cc(F)ccc3F)cn2Cc2ccccc2)C(C)(C)C)C(=O)O)C(C)C)C1=O. The fourth-order valence-corrected chi connectivity index (χ4v) is 8.82. The second-order valence-electron chi connectivity index (χ2n) is 20.4. The molecular formula is C53H72F2N8O11. The maximum Gasteiger partial charge on any atom is 0.326 e. The van der Waals surface area contributed by atoms with E-state index in [1.807, 2.05) is 55.7 Å². The number of nitrogens with one attached hydrogen (secondary N) is 4. The molecule has 0 radical (unpaired) electrons. The molecule has 6 atom stereocenters. The van der Waals surface area contributed by atoms with E-state index >= 15 is 4.39 Å². The van der Waals surface area contributed by atoms with E-state index in [0.29, 0.717) is 24.2 Å². The van der Waals surface area contributed by atoms with Gasteiger partial charge in [-0.15, -0.1) is 0 Å². The van der Waals surface area contributed by atoms with Crippen LogP contribution in [0.15, 0.2) is 60.8 Å². The summed E-state index contributed by atoms with van der Waals surface area (Å²) < 4.78 is 31.4. The lowest BCUT2D eigenvalue weighted by Crippen LogP contribution is -2.50. The molecular weight excluding hydrogens is 963 g/mol. The van der Waals surface area contributed by atoms with Crippen molar-refractivity contribution in [1.82, 2.24) is 35.6 Å². The summed E-state index contributed by atoms with van der Waals surface area (Å²) in [5.74, 6) is -8.95. The number of carboxylic acid groups (broad SMARTS) is 1. The quantitative estimate of drug-likeness (QED) is 0.0406. The summed E-state index contributed by atoms with van der Waals surface area (Å²) >= 11 is 0. The zero-order valence-corrected chi connectivity index (χ0v) is 43.3. The third-order valence-corrected chi connectivity index (χ3v) is 12.8. The Kier molecular flexibility index (Phi) is 22.1. The molecule has 0 saturated carbocycles. The maximum atomic E-state index is 15.1. The number of carbonyl (C=O) groups is 9. The number of hydrogen-bond donors (Lipinski definition) is 7. The van der Waals surface area contributed by atoms with Crippen LogP contribution in [0.25, 0.3) is 11.1 Å². The van der Waals surface area contributed by atoms with Crippen LogP contribution in [0.2, 0.25) is 0 Å². The number of carbonyl (C=O) groups excluding carboxylic acids is 8. The van der Waals surface area contributed by atoms with Crippen molar-refractivity contribution in [2.75, 3.05) is 32.8 Å². The molecule has 1 aromatic heterocycles. The first-order valence-corrected chi connectivity index (χ1v) is 24.9. The van der Waals surface area contributed by atoms with E-state index < -0.39 is 125 Å². The Morgan fingerprint density at radius 2 is 1.57 bits per heavy atom. The van der Waals surface area contributed by atoms with Crippen molar-refractivity contribution < 1.29 is 62.1 Å². The Morgan fingerprint density at radius 1 is 0.878 bits per heavy atom. The van der Waals surface area contributed by atoms with Crippen LogP contribution in [0.5, 0.6) is 0 Å². The number of benzene rings is 2. The molecule has 8 N–H and O–H groups in total. The lowest BCUT2D eigenvalue weighted by Gasteiger charge is -2.41. The lowest BCUT2D eigenvalue weighted by atomic mass is 9.82. The van der Waals surface area contributed by atoms with E-state index in [4.69, 9.17) is 5.73 Å². The summed E-state index contributed by atoms with van der Waals surface area (Å²) in [6.07, 6.45) is 1.85. The highest BCUT2D eigenvalue weighted by Gasteiger charge is 2.39. The molecule has 21 heteroatoms. The number of hydrogen-bond acceptors (Lipinski definition) is 11. The van der Waals surface area contributed by atoms with Gasteiger partial charge in [0, 0.05) is 80.3 Å². The fraction of sp³-hybridized carbons (Fsp3) is 0.528. The number of halogens is 2.